The zero-order valence-corrected chi connectivity index (χ0v) is 44.6. The van der Waals surface area contributed by atoms with Crippen LogP contribution in [0, 0.1) is 50.2 Å². The van der Waals surface area contributed by atoms with Crippen LogP contribution in [0.3, 0.4) is 0 Å². The van der Waals surface area contributed by atoms with E-state index in [4.69, 9.17) is 37.9 Å². The Morgan fingerprint density at radius 1 is 0.605 bits per heavy atom. The summed E-state index contributed by atoms with van der Waals surface area (Å²) in [5.41, 5.74) is -2.67. The fourth-order valence-corrected chi connectivity index (χ4v) is 16.3. The molecule has 0 unspecified atom stereocenters. The molecule has 4 heterocycles. The summed E-state index contributed by atoms with van der Waals surface area (Å²) in [5, 5.41) is 152. The van der Waals surface area contributed by atoms with E-state index in [0.29, 0.717) is 51.4 Å². The van der Waals surface area contributed by atoms with Gasteiger partial charge in [0.05, 0.1) is 50.2 Å². The summed E-state index contributed by atoms with van der Waals surface area (Å²) in [6, 6.07) is 0. The maximum atomic E-state index is 15.4. The number of allylic oxidation sites excluding steroid dienone is 2. The molecule has 436 valence electrons. The number of aliphatic hydroxyl groups is 14. The molecule has 0 amide bonds. The van der Waals surface area contributed by atoms with Crippen molar-refractivity contribution in [3.63, 3.8) is 0 Å². The van der Waals surface area contributed by atoms with Gasteiger partial charge in [-0.15, -0.1) is 0 Å². The molecule has 0 aromatic rings. The molecule has 0 spiro atoms. The standard InChI is InChI=1S/C53H86O23/c1-22-40(73-43-37(65)31(59)26(58)20-69-43)36(64)39(67)44(70-22)74-41-35(63)33(61)28(19-55)72-46(41)76-47(68)53-14-12-48(2,3)16-24(53)23-8-9-30-49(4)17-25(57)42(75-45-38(66)34(62)32(60)27(18-54)71-45)50(5,21-56)29(49)10-11-52(30,7)51(23,6)13-15-53/h8,22,24-46,54-67H,9-21H2,1-7H3/t22-,24-,25-,26+,27+,28+,29+,30+,31-,32+,33+,34-,35-,36-,37+,38+,39+,40-,41+,42-,43-,44-,45-,46-,49-,50+,51+,52+,53-/m0/s1. The Morgan fingerprint density at radius 3 is 1.84 bits per heavy atom. The molecule has 0 bridgehead atoms. The van der Waals surface area contributed by atoms with Crippen molar-refractivity contribution in [2.24, 2.45) is 50.2 Å². The molecular weight excluding hydrogens is 1000 g/mol. The van der Waals surface area contributed by atoms with E-state index in [1.165, 1.54) is 6.92 Å². The van der Waals surface area contributed by atoms with Crippen molar-refractivity contribution in [3.05, 3.63) is 11.6 Å². The molecule has 9 rings (SSSR count). The second-order valence-corrected chi connectivity index (χ2v) is 25.8. The predicted molar refractivity (Wildman–Crippen MR) is 258 cm³/mol. The summed E-state index contributed by atoms with van der Waals surface area (Å²) in [4.78, 5) is 15.4. The number of carbonyl (C=O) groups is 1. The minimum atomic E-state index is -1.91. The zero-order valence-electron chi connectivity index (χ0n) is 44.6. The second-order valence-electron chi connectivity index (χ2n) is 25.8. The molecule has 23 heteroatoms. The van der Waals surface area contributed by atoms with Crippen LogP contribution in [-0.4, -0.2) is 233 Å². The number of hydrogen-bond acceptors (Lipinski definition) is 23. The molecule has 76 heavy (non-hydrogen) atoms. The molecule has 0 aromatic heterocycles. The first kappa shape index (κ1) is 59.0. The monoisotopic (exact) mass is 1090 g/mol. The van der Waals surface area contributed by atoms with Gasteiger partial charge in [-0.05, 0) is 104 Å². The molecule has 5 aliphatic carbocycles. The molecule has 29 atom stereocenters. The third kappa shape index (κ3) is 9.37. The van der Waals surface area contributed by atoms with Crippen molar-refractivity contribution in [1.29, 1.82) is 0 Å². The Labute approximate surface area is 442 Å². The molecule has 14 N–H and O–H groups in total. The molecule has 4 aliphatic heterocycles. The summed E-state index contributed by atoms with van der Waals surface area (Å²) in [5.74, 6) is -1.20. The Hall–Kier alpha value is -1.63. The van der Waals surface area contributed by atoms with E-state index in [2.05, 4.69) is 40.7 Å². The Bertz CT molecular complexity index is 2100. The highest BCUT2D eigenvalue weighted by Crippen LogP contribution is 2.76. The summed E-state index contributed by atoms with van der Waals surface area (Å²) >= 11 is 0. The molecule has 9 aliphatic rings. The number of carbonyl (C=O) groups excluding carboxylic acids is 1. The lowest BCUT2D eigenvalue weighted by Crippen LogP contribution is -2.69. The largest absolute Gasteiger partial charge is 0.432 e. The maximum absolute atomic E-state index is 15.4. The van der Waals surface area contributed by atoms with Gasteiger partial charge in [0, 0.05) is 5.41 Å². The van der Waals surface area contributed by atoms with Gasteiger partial charge in [0.25, 0.3) is 0 Å². The van der Waals surface area contributed by atoms with Gasteiger partial charge in [-0.25, -0.2) is 0 Å². The van der Waals surface area contributed by atoms with Gasteiger partial charge in [0.15, 0.2) is 25.0 Å². The van der Waals surface area contributed by atoms with Gasteiger partial charge >= 0.3 is 5.97 Å². The van der Waals surface area contributed by atoms with Crippen molar-refractivity contribution in [2.75, 3.05) is 26.4 Å². The minimum Gasteiger partial charge on any atom is -0.432 e. The maximum Gasteiger partial charge on any atom is 0.315 e. The smallest absolute Gasteiger partial charge is 0.315 e. The highest BCUT2D eigenvalue weighted by atomic mass is 16.8. The Kier molecular flexibility index (Phi) is 16.5. The third-order valence-electron chi connectivity index (χ3n) is 21.1. The number of fused-ring (bicyclic) bond motifs is 7. The van der Waals surface area contributed by atoms with E-state index in [1.54, 1.807) is 0 Å². The normalized spacial score (nSPS) is 55.2. The van der Waals surface area contributed by atoms with E-state index in [1.807, 2.05) is 6.92 Å². The fraction of sp³-hybridized carbons (Fsp3) is 0.943. The van der Waals surface area contributed by atoms with Gasteiger partial charge in [0.1, 0.15) is 79.4 Å². The summed E-state index contributed by atoms with van der Waals surface area (Å²) < 4.78 is 47.5. The average molecular weight is 1090 g/mol. The lowest BCUT2D eigenvalue weighted by molar-refractivity contribution is -0.375. The zero-order chi connectivity index (χ0) is 55.6. The van der Waals surface area contributed by atoms with Crippen LogP contribution in [0.15, 0.2) is 11.6 Å². The van der Waals surface area contributed by atoms with Gasteiger partial charge in [0.2, 0.25) is 6.29 Å². The Balaban J connectivity index is 0.963. The molecule has 23 nitrogen and oxygen atoms in total. The SMILES string of the molecule is C[C@@H]1O[C@@H](O[C@H]2[C@H](OC(=O)[C@]34CCC(C)(C)C[C@H]3C3=CC[C@@H]5[C@@]6(C)C[C@H](O)[C@H](O[C@@H]7O[C@H](CO)[C@@H](O)[C@H](O)[C@H]7O)[C@](C)(CO)[C@@H]6CC[C@@]5(C)[C@]3(C)CC4)O[C@H](CO)[C@@H](O)[C@@H]2O)[C@H](O)[C@H](O)[C@H]1O[C@@H]1OC[C@@H](O)[C@H](O)[C@H]1O. The highest BCUT2D eigenvalue weighted by molar-refractivity contribution is 5.79. The van der Waals surface area contributed by atoms with E-state index in [-0.39, 0.29) is 48.2 Å². The predicted octanol–water partition coefficient (Wildman–Crippen LogP) is -2.43. The van der Waals surface area contributed by atoms with Crippen molar-refractivity contribution in [3.8, 4) is 0 Å². The van der Waals surface area contributed by atoms with Crippen LogP contribution in [0.2, 0.25) is 0 Å². The number of esters is 1. The van der Waals surface area contributed by atoms with Crippen LogP contribution in [0.5, 0.6) is 0 Å². The van der Waals surface area contributed by atoms with Crippen LogP contribution in [0.1, 0.15) is 106 Å². The topological polar surface area (TPSA) is 374 Å². The molecule has 0 radical (unpaired) electrons. The summed E-state index contributed by atoms with van der Waals surface area (Å²) in [6.45, 7) is 12.2. The average Bonchev–Trinajstić information content (AvgIpc) is 3.55. The lowest BCUT2D eigenvalue weighted by atomic mass is 9.33. The van der Waals surface area contributed by atoms with E-state index >= 15 is 4.79 Å². The van der Waals surface area contributed by atoms with Crippen LogP contribution in [0.25, 0.3) is 0 Å². The number of rotatable bonds is 11. The van der Waals surface area contributed by atoms with Crippen molar-refractivity contribution in [2.45, 2.75) is 235 Å². The van der Waals surface area contributed by atoms with E-state index in [9.17, 15) is 71.5 Å². The first-order chi connectivity index (χ1) is 35.6. The van der Waals surface area contributed by atoms with Crippen molar-refractivity contribution in [1.82, 2.24) is 0 Å². The first-order valence-corrected chi connectivity index (χ1v) is 27.4. The molecule has 8 fully saturated rings. The van der Waals surface area contributed by atoms with E-state index in [0.717, 1.165) is 5.57 Å². The lowest BCUT2D eigenvalue weighted by Gasteiger charge is -2.72. The van der Waals surface area contributed by atoms with E-state index < -0.39 is 170 Å². The quantitative estimate of drug-likeness (QED) is 0.0581. The number of aliphatic hydroxyl groups excluding tert-OH is 14. The van der Waals surface area contributed by atoms with Crippen LogP contribution in [0.4, 0.5) is 0 Å². The van der Waals surface area contributed by atoms with Crippen LogP contribution >= 0.6 is 0 Å². The second kappa shape index (κ2) is 21.3. The number of hydrogen-bond donors (Lipinski definition) is 14. The van der Waals surface area contributed by atoms with Gasteiger partial charge in [-0.1, -0.05) is 53.2 Å². The minimum absolute atomic E-state index is 0.0243. The summed E-state index contributed by atoms with van der Waals surface area (Å²) in [7, 11) is 0. The fourth-order valence-electron chi connectivity index (χ4n) is 16.3. The molecular formula is C53H86O23. The van der Waals surface area contributed by atoms with Gasteiger partial charge < -0.3 is 109 Å². The van der Waals surface area contributed by atoms with Crippen molar-refractivity contribution >= 4 is 5.97 Å². The first-order valence-electron chi connectivity index (χ1n) is 27.4. The third-order valence-corrected chi connectivity index (χ3v) is 21.1. The molecule has 0 aromatic carbocycles. The Morgan fingerprint density at radius 2 is 1.18 bits per heavy atom. The van der Waals surface area contributed by atoms with Gasteiger partial charge in [-0.2, -0.15) is 0 Å². The summed E-state index contributed by atoms with van der Waals surface area (Å²) in [6.07, 6.45) is -25.5. The molecule has 4 saturated heterocycles. The van der Waals surface area contributed by atoms with Gasteiger partial charge in [-0.3, -0.25) is 4.79 Å². The van der Waals surface area contributed by atoms with Crippen molar-refractivity contribution < 1.29 is 114 Å². The van der Waals surface area contributed by atoms with Crippen LogP contribution < -0.4 is 0 Å². The molecule has 4 saturated carbocycles. The number of ether oxygens (including phenoxy) is 8. The highest BCUT2D eigenvalue weighted by Gasteiger charge is 2.72. The van der Waals surface area contributed by atoms with Crippen LogP contribution in [-0.2, 0) is 42.7 Å².